The first-order chi connectivity index (χ1) is 7.86. The van der Waals surface area contributed by atoms with Crippen molar-refractivity contribution in [2.75, 3.05) is 13.7 Å². The van der Waals surface area contributed by atoms with E-state index >= 15 is 0 Å². The van der Waals surface area contributed by atoms with Crippen LogP contribution in [0, 0.1) is 5.41 Å². The Bertz CT molecular complexity index is 390. The third kappa shape index (κ3) is 2.25. The summed E-state index contributed by atoms with van der Waals surface area (Å²) in [6.45, 7) is 6.99. The van der Waals surface area contributed by atoms with Crippen LogP contribution >= 0.6 is 7.87 Å². The molecule has 1 aliphatic heterocycles. The average Bonchev–Trinajstić information content (AvgIpc) is 2.58. The lowest BCUT2D eigenvalue weighted by atomic mass is 9.87. The number of rotatable bonds is 1. The number of likely N-dealkylation sites (N-methyl/N-ethyl adjacent to an activating group) is 1. The molecule has 0 amide bonds. The molecule has 0 radical (unpaired) electrons. The summed E-state index contributed by atoms with van der Waals surface area (Å²) in [5, 5.41) is 0.786. The molecule has 0 spiro atoms. The molecule has 0 N–H and O–H groups in total. The first kappa shape index (κ1) is 13.0. The van der Waals surface area contributed by atoms with Gasteiger partial charge in [0.2, 0.25) is 7.87 Å². The van der Waals surface area contributed by atoms with Crippen LogP contribution < -0.4 is 10.2 Å². The van der Waals surface area contributed by atoms with Gasteiger partial charge in [-0.1, -0.05) is 39.0 Å². The largest absolute Gasteiger partial charge is 0.637 e. The van der Waals surface area contributed by atoms with E-state index in [4.69, 9.17) is 4.52 Å². The zero-order valence-corrected chi connectivity index (χ0v) is 11.8. The molecule has 0 bridgehead atoms. The predicted molar refractivity (Wildman–Crippen MR) is 70.0 cm³/mol. The summed E-state index contributed by atoms with van der Waals surface area (Å²) in [6.07, 6.45) is 0. The minimum absolute atomic E-state index is 0.0652. The average molecular weight is 253 g/mol. The Labute approximate surface area is 104 Å². The van der Waals surface area contributed by atoms with Crippen LogP contribution in [-0.4, -0.2) is 24.4 Å². The molecule has 2 atom stereocenters. The Morgan fingerprint density at radius 1 is 1.29 bits per heavy atom. The molecular weight excluding hydrogens is 233 g/mol. The van der Waals surface area contributed by atoms with Crippen LogP contribution in [0.25, 0.3) is 0 Å². The molecule has 1 heterocycles. The molecule has 1 aliphatic rings. The highest BCUT2D eigenvalue weighted by Gasteiger charge is 2.51. The Kier molecular flexibility index (Phi) is 3.30. The van der Waals surface area contributed by atoms with E-state index < -0.39 is 7.87 Å². The number of nitrogens with zero attached hydrogens (tertiary/aromatic N) is 1. The molecule has 1 saturated heterocycles. The van der Waals surface area contributed by atoms with Gasteiger partial charge in [0.1, 0.15) is 11.9 Å². The van der Waals surface area contributed by atoms with Gasteiger partial charge in [-0.05, 0) is 17.5 Å². The molecule has 3 nitrogen and oxygen atoms in total. The van der Waals surface area contributed by atoms with Gasteiger partial charge in [-0.2, -0.15) is 0 Å². The monoisotopic (exact) mass is 253 g/mol. The molecule has 0 aliphatic carbocycles. The zero-order chi connectivity index (χ0) is 12.7. The van der Waals surface area contributed by atoms with Crippen LogP contribution in [0.4, 0.5) is 0 Å². The Hall–Kier alpha value is -0.470. The van der Waals surface area contributed by atoms with E-state index in [0.717, 1.165) is 5.30 Å². The van der Waals surface area contributed by atoms with Crippen molar-refractivity contribution in [2.24, 2.45) is 5.41 Å². The van der Waals surface area contributed by atoms with Crippen molar-refractivity contribution in [2.45, 2.75) is 26.8 Å². The number of hydrogen-bond donors (Lipinski definition) is 0. The maximum atomic E-state index is 12.9. The van der Waals surface area contributed by atoms with Gasteiger partial charge in [-0.25, -0.2) is 4.52 Å². The maximum Gasteiger partial charge on any atom is 0.208 e. The Balaban J connectivity index is 2.30. The fraction of sp³-hybridized carbons (Fsp3) is 0.538. The smallest absolute Gasteiger partial charge is 0.208 e. The third-order valence-electron chi connectivity index (χ3n) is 3.36. The second-order valence-corrected chi connectivity index (χ2v) is 8.05. The molecule has 17 heavy (non-hydrogen) atoms. The second-order valence-electron chi connectivity index (χ2n) is 5.61. The van der Waals surface area contributed by atoms with Gasteiger partial charge in [0.15, 0.2) is 0 Å². The Morgan fingerprint density at radius 3 is 2.35 bits per heavy atom. The van der Waals surface area contributed by atoms with Crippen molar-refractivity contribution in [1.82, 2.24) is 4.67 Å². The van der Waals surface area contributed by atoms with Crippen molar-refractivity contribution in [3.05, 3.63) is 30.3 Å². The van der Waals surface area contributed by atoms with Gasteiger partial charge in [-0.3, -0.25) is 0 Å². The van der Waals surface area contributed by atoms with Gasteiger partial charge in [-0.15, -0.1) is 4.67 Å². The fourth-order valence-electron chi connectivity index (χ4n) is 2.24. The van der Waals surface area contributed by atoms with Gasteiger partial charge in [0, 0.05) is 7.05 Å². The number of hydrogen-bond acceptors (Lipinski definition) is 3. The molecule has 94 valence electrons. The Morgan fingerprint density at radius 2 is 1.88 bits per heavy atom. The first-order valence-corrected chi connectivity index (χ1v) is 7.47. The zero-order valence-electron chi connectivity index (χ0n) is 10.9. The minimum atomic E-state index is -2.83. The second kappa shape index (κ2) is 4.33. The van der Waals surface area contributed by atoms with Crippen LogP contribution in [0.1, 0.15) is 20.8 Å². The number of benzene rings is 1. The van der Waals surface area contributed by atoms with Crippen molar-refractivity contribution in [1.29, 1.82) is 0 Å². The van der Waals surface area contributed by atoms with Gasteiger partial charge >= 0.3 is 0 Å². The maximum absolute atomic E-state index is 12.9. The summed E-state index contributed by atoms with van der Waals surface area (Å²) in [7, 11) is -0.933. The summed E-state index contributed by atoms with van der Waals surface area (Å²) in [5.41, 5.74) is 0.0652. The van der Waals surface area contributed by atoms with Crippen LogP contribution in [0.3, 0.4) is 0 Å². The van der Waals surface area contributed by atoms with Crippen molar-refractivity contribution in [3.63, 3.8) is 0 Å². The molecule has 4 heteroatoms. The van der Waals surface area contributed by atoms with E-state index in [-0.39, 0.29) is 11.5 Å². The van der Waals surface area contributed by atoms with Gasteiger partial charge < -0.3 is 4.89 Å². The summed E-state index contributed by atoms with van der Waals surface area (Å²) in [6, 6.07) is 9.67. The summed E-state index contributed by atoms with van der Waals surface area (Å²) in [4.78, 5) is 12.9. The highest BCUT2D eigenvalue weighted by molar-refractivity contribution is 7.69. The van der Waals surface area contributed by atoms with E-state index in [1.54, 1.807) is 0 Å². The molecule has 0 saturated carbocycles. The standard InChI is InChI=1S/C13H20NO2P/c1-13(2,3)12-10-16-17(15,14(12)4)11-8-6-5-7-9-11/h5-9,12H,10H2,1-4H3/t12-,17?/m1/s1. The lowest BCUT2D eigenvalue weighted by Gasteiger charge is -2.35. The molecule has 2 rings (SSSR count). The molecule has 1 unspecified atom stereocenters. The minimum Gasteiger partial charge on any atom is -0.637 e. The summed E-state index contributed by atoms with van der Waals surface area (Å²) in [5.74, 6) is 0. The molecule has 1 aromatic carbocycles. The third-order valence-corrected chi connectivity index (χ3v) is 5.92. The van der Waals surface area contributed by atoms with Gasteiger partial charge in [0.25, 0.3) is 0 Å². The van der Waals surface area contributed by atoms with Crippen LogP contribution in [0.2, 0.25) is 0 Å². The van der Waals surface area contributed by atoms with Gasteiger partial charge in [0.05, 0.1) is 6.04 Å². The van der Waals surface area contributed by atoms with Crippen LogP contribution in [0.15, 0.2) is 30.3 Å². The quantitative estimate of drug-likeness (QED) is 0.716. The lowest BCUT2D eigenvalue weighted by molar-refractivity contribution is -0.194. The van der Waals surface area contributed by atoms with E-state index in [1.165, 1.54) is 0 Å². The molecule has 1 aromatic rings. The summed E-state index contributed by atoms with van der Waals surface area (Å²) < 4.78 is 7.58. The SMILES string of the molecule is CN1[C@@H](C(C)(C)C)CO[P+]1([O-])c1ccccc1. The molecule has 1 fully saturated rings. The lowest BCUT2D eigenvalue weighted by Crippen LogP contribution is -2.42. The highest BCUT2D eigenvalue weighted by atomic mass is 31.2. The predicted octanol–water partition coefficient (Wildman–Crippen LogP) is 1.81. The molecular formula is C13H20NO2P. The van der Waals surface area contributed by atoms with Crippen molar-refractivity contribution >= 4 is 13.2 Å². The van der Waals surface area contributed by atoms with E-state index in [0.29, 0.717) is 6.61 Å². The van der Waals surface area contributed by atoms with E-state index in [2.05, 4.69) is 20.8 Å². The van der Waals surface area contributed by atoms with Crippen molar-refractivity contribution in [3.8, 4) is 0 Å². The highest BCUT2D eigenvalue weighted by Crippen LogP contribution is 2.60. The first-order valence-electron chi connectivity index (χ1n) is 5.89. The summed E-state index contributed by atoms with van der Waals surface area (Å²) >= 11 is 0. The van der Waals surface area contributed by atoms with Crippen LogP contribution in [-0.2, 0) is 4.52 Å². The van der Waals surface area contributed by atoms with E-state index in [1.807, 2.05) is 42.0 Å². The van der Waals surface area contributed by atoms with Crippen molar-refractivity contribution < 1.29 is 9.42 Å². The normalized spacial score (nSPS) is 30.8. The fourth-order valence-corrected chi connectivity index (χ4v) is 4.61. The molecule has 0 aromatic heterocycles. The van der Waals surface area contributed by atoms with Crippen LogP contribution in [0.5, 0.6) is 0 Å². The topological polar surface area (TPSA) is 35.5 Å². The van der Waals surface area contributed by atoms with E-state index in [9.17, 15) is 4.89 Å².